The SMILES string of the molecule is CCCC[C@H](NC(=O)OCC1c2ccccc2-c2ccccc21)C(=O)N[C@@H](CC(=O)O)C(C)C. The summed E-state index contributed by atoms with van der Waals surface area (Å²) in [5.41, 5.74) is 4.52. The summed E-state index contributed by atoms with van der Waals surface area (Å²) in [6.45, 7) is 5.88. The highest BCUT2D eigenvalue weighted by molar-refractivity contribution is 5.86. The van der Waals surface area contributed by atoms with Gasteiger partial charge in [-0.3, -0.25) is 9.59 Å². The van der Waals surface area contributed by atoms with Crippen LogP contribution in [-0.4, -0.2) is 41.8 Å². The first-order valence-electron chi connectivity index (χ1n) is 12.0. The number of hydrogen-bond acceptors (Lipinski definition) is 4. The molecule has 3 rings (SSSR count). The van der Waals surface area contributed by atoms with Crippen LogP contribution >= 0.6 is 0 Å². The van der Waals surface area contributed by atoms with Gasteiger partial charge in [-0.05, 0) is 34.6 Å². The van der Waals surface area contributed by atoms with Gasteiger partial charge in [-0.1, -0.05) is 82.1 Å². The Kier molecular flexibility index (Phi) is 8.68. The van der Waals surface area contributed by atoms with E-state index in [4.69, 9.17) is 9.84 Å². The fourth-order valence-corrected chi connectivity index (χ4v) is 4.38. The van der Waals surface area contributed by atoms with Crippen LogP contribution in [0.3, 0.4) is 0 Å². The van der Waals surface area contributed by atoms with Crippen molar-refractivity contribution in [1.82, 2.24) is 10.6 Å². The Morgan fingerprint density at radius 3 is 2.09 bits per heavy atom. The zero-order chi connectivity index (χ0) is 24.7. The number of fused-ring (bicyclic) bond motifs is 3. The molecule has 0 saturated heterocycles. The molecule has 3 N–H and O–H groups in total. The Morgan fingerprint density at radius 1 is 0.971 bits per heavy atom. The van der Waals surface area contributed by atoms with Gasteiger partial charge < -0.3 is 20.5 Å². The van der Waals surface area contributed by atoms with Gasteiger partial charge in [-0.15, -0.1) is 0 Å². The molecule has 2 aromatic rings. The summed E-state index contributed by atoms with van der Waals surface area (Å²) in [5, 5.41) is 14.6. The molecule has 0 bridgehead atoms. The second-order valence-electron chi connectivity index (χ2n) is 9.12. The van der Waals surface area contributed by atoms with Crippen LogP contribution in [0.1, 0.15) is 63.5 Å². The number of benzene rings is 2. The second-order valence-corrected chi connectivity index (χ2v) is 9.12. The molecule has 34 heavy (non-hydrogen) atoms. The van der Waals surface area contributed by atoms with Crippen LogP contribution in [0.25, 0.3) is 11.1 Å². The summed E-state index contributed by atoms with van der Waals surface area (Å²) in [6.07, 6.45) is 1.22. The molecule has 0 spiro atoms. The number of rotatable bonds is 11. The van der Waals surface area contributed by atoms with E-state index in [9.17, 15) is 14.4 Å². The predicted octanol–water partition coefficient (Wildman–Crippen LogP) is 4.70. The summed E-state index contributed by atoms with van der Waals surface area (Å²) in [7, 11) is 0. The summed E-state index contributed by atoms with van der Waals surface area (Å²) in [6, 6.07) is 14.9. The van der Waals surface area contributed by atoms with E-state index in [2.05, 4.69) is 22.8 Å². The zero-order valence-corrected chi connectivity index (χ0v) is 20.0. The fraction of sp³-hybridized carbons (Fsp3) is 0.444. The van der Waals surface area contributed by atoms with Crippen LogP contribution in [-0.2, 0) is 14.3 Å². The lowest BCUT2D eigenvalue weighted by Gasteiger charge is -2.25. The smallest absolute Gasteiger partial charge is 0.407 e. The number of carboxylic acid groups (broad SMARTS) is 1. The van der Waals surface area contributed by atoms with Gasteiger partial charge in [0.1, 0.15) is 12.6 Å². The maximum Gasteiger partial charge on any atom is 0.407 e. The fourth-order valence-electron chi connectivity index (χ4n) is 4.38. The lowest BCUT2D eigenvalue weighted by Crippen LogP contribution is -2.51. The first-order chi connectivity index (χ1) is 16.3. The molecule has 0 saturated carbocycles. The van der Waals surface area contributed by atoms with Crippen LogP contribution in [0.15, 0.2) is 48.5 Å². The molecular weight excluding hydrogens is 432 g/mol. The molecule has 0 heterocycles. The van der Waals surface area contributed by atoms with E-state index in [0.29, 0.717) is 6.42 Å². The molecule has 0 radical (unpaired) electrons. The van der Waals surface area contributed by atoms with E-state index in [0.717, 1.165) is 35.1 Å². The van der Waals surface area contributed by atoms with Crippen molar-refractivity contribution in [3.05, 3.63) is 59.7 Å². The molecule has 7 nitrogen and oxygen atoms in total. The highest BCUT2D eigenvalue weighted by Gasteiger charge is 2.30. The van der Waals surface area contributed by atoms with E-state index in [-0.39, 0.29) is 30.8 Å². The maximum atomic E-state index is 12.9. The van der Waals surface area contributed by atoms with E-state index in [1.165, 1.54) is 0 Å². The molecule has 2 atom stereocenters. The number of hydrogen-bond donors (Lipinski definition) is 3. The first kappa shape index (κ1) is 25.3. The maximum absolute atomic E-state index is 12.9. The molecule has 2 aromatic carbocycles. The lowest BCUT2D eigenvalue weighted by molar-refractivity contribution is -0.138. The molecule has 0 aromatic heterocycles. The monoisotopic (exact) mass is 466 g/mol. The minimum absolute atomic E-state index is 0.0543. The summed E-state index contributed by atoms with van der Waals surface area (Å²) < 4.78 is 5.59. The molecule has 2 amide bonds. The minimum Gasteiger partial charge on any atom is -0.481 e. The minimum atomic E-state index is -0.978. The van der Waals surface area contributed by atoms with Crippen LogP contribution < -0.4 is 10.6 Å². The number of alkyl carbamates (subject to hydrolysis) is 1. The van der Waals surface area contributed by atoms with Gasteiger partial charge in [-0.2, -0.15) is 0 Å². The zero-order valence-electron chi connectivity index (χ0n) is 20.0. The van der Waals surface area contributed by atoms with E-state index in [1.54, 1.807) is 0 Å². The highest BCUT2D eigenvalue weighted by atomic mass is 16.5. The predicted molar refractivity (Wildman–Crippen MR) is 131 cm³/mol. The second kappa shape index (κ2) is 11.7. The number of nitrogens with one attached hydrogen (secondary N) is 2. The number of carbonyl (C=O) groups is 3. The average Bonchev–Trinajstić information content (AvgIpc) is 3.13. The van der Waals surface area contributed by atoms with Crippen LogP contribution in [0.2, 0.25) is 0 Å². The number of amides is 2. The summed E-state index contributed by atoms with van der Waals surface area (Å²) >= 11 is 0. The molecule has 1 aliphatic carbocycles. The normalized spacial score (nSPS) is 14.1. The molecule has 1 aliphatic rings. The van der Waals surface area contributed by atoms with Crippen molar-refractivity contribution in [1.29, 1.82) is 0 Å². The van der Waals surface area contributed by atoms with Crippen LogP contribution in [0, 0.1) is 5.92 Å². The first-order valence-corrected chi connectivity index (χ1v) is 12.0. The summed E-state index contributed by atoms with van der Waals surface area (Å²) in [5.74, 6) is -1.49. The number of ether oxygens (including phenoxy) is 1. The van der Waals surface area contributed by atoms with Crippen molar-refractivity contribution in [2.75, 3.05) is 6.61 Å². The molecule has 0 aliphatic heterocycles. The summed E-state index contributed by atoms with van der Waals surface area (Å²) in [4.78, 5) is 36.7. The van der Waals surface area contributed by atoms with Crippen molar-refractivity contribution < 1.29 is 24.2 Å². The number of carbonyl (C=O) groups excluding carboxylic acids is 2. The van der Waals surface area contributed by atoms with Gasteiger partial charge in [0.25, 0.3) is 0 Å². The lowest BCUT2D eigenvalue weighted by atomic mass is 9.98. The van der Waals surface area contributed by atoms with Gasteiger partial charge in [0.2, 0.25) is 5.91 Å². The Morgan fingerprint density at radius 2 is 1.56 bits per heavy atom. The standard InChI is InChI=1S/C27H34N2O5/c1-4-5-14-23(26(32)28-24(17(2)3)15-25(30)31)29-27(33)34-16-22-20-12-8-6-10-18(20)19-11-7-9-13-21(19)22/h6-13,17,22-24H,4-5,14-16H2,1-3H3,(H,28,32)(H,29,33)(H,30,31)/t23-,24-/m0/s1. The third-order valence-electron chi connectivity index (χ3n) is 6.33. The van der Waals surface area contributed by atoms with Gasteiger partial charge in [-0.25, -0.2) is 4.79 Å². The highest BCUT2D eigenvalue weighted by Crippen LogP contribution is 2.44. The van der Waals surface area contributed by atoms with Crippen LogP contribution in [0.4, 0.5) is 4.79 Å². The average molecular weight is 467 g/mol. The van der Waals surface area contributed by atoms with Gasteiger partial charge in [0, 0.05) is 12.0 Å². The van der Waals surface area contributed by atoms with E-state index in [1.807, 2.05) is 57.2 Å². The number of carboxylic acids is 1. The van der Waals surface area contributed by atoms with Crippen molar-refractivity contribution >= 4 is 18.0 Å². The van der Waals surface area contributed by atoms with Crippen molar-refractivity contribution in [3.8, 4) is 11.1 Å². The van der Waals surface area contributed by atoms with Crippen molar-refractivity contribution in [2.45, 2.75) is 64.5 Å². The third kappa shape index (κ3) is 6.16. The van der Waals surface area contributed by atoms with Gasteiger partial charge in [0.15, 0.2) is 0 Å². The van der Waals surface area contributed by atoms with Gasteiger partial charge >= 0.3 is 12.1 Å². The molecule has 182 valence electrons. The number of aliphatic carboxylic acids is 1. The van der Waals surface area contributed by atoms with Crippen molar-refractivity contribution in [2.24, 2.45) is 5.92 Å². The van der Waals surface area contributed by atoms with E-state index >= 15 is 0 Å². The topological polar surface area (TPSA) is 105 Å². The Bertz CT molecular complexity index is 974. The Labute approximate surface area is 200 Å². The Hall–Kier alpha value is -3.35. The largest absolute Gasteiger partial charge is 0.481 e. The quantitative estimate of drug-likeness (QED) is 0.445. The Balaban J connectivity index is 1.65. The van der Waals surface area contributed by atoms with Gasteiger partial charge in [0.05, 0.1) is 6.42 Å². The molecular formula is C27H34N2O5. The van der Waals surface area contributed by atoms with Crippen molar-refractivity contribution in [3.63, 3.8) is 0 Å². The molecule has 0 unspecified atom stereocenters. The third-order valence-corrected chi connectivity index (χ3v) is 6.33. The van der Waals surface area contributed by atoms with Crippen LogP contribution in [0.5, 0.6) is 0 Å². The molecule has 7 heteroatoms. The van der Waals surface area contributed by atoms with E-state index < -0.39 is 24.1 Å². The molecule has 0 fully saturated rings. The number of unbranched alkanes of at least 4 members (excludes halogenated alkanes) is 1.